The second-order valence-electron chi connectivity index (χ2n) is 7.07. The lowest BCUT2D eigenvalue weighted by atomic mass is 10.0. The second kappa shape index (κ2) is 9.79. The normalized spacial score (nSPS) is 23.3. The van der Waals surface area contributed by atoms with Crippen molar-refractivity contribution in [3.63, 3.8) is 0 Å². The molecule has 1 aromatic rings. The number of aliphatic hydroxyl groups excluding tert-OH is 1. The molecule has 2 rings (SSSR count). The number of methoxy groups -OCH3 is 1. The minimum Gasteiger partial charge on any atom is -0.467 e. The fourth-order valence-corrected chi connectivity index (χ4v) is 3.42. The van der Waals surface area contributed by atoms with Crippen LogP contribution in [0.2, 0.25) is 0 Å². The van der Waals surface area contributed by atoms with Crippen LogP contribution in [0, 0.1) is 0 Å². The molecule has 176 valence electrons. The summed E-state index contributed by atoms with van der Waals surface area (Å²) in [5.74, 6) is -2.94. The number of carbonyl (C=O) groups is 1. The first kappa shape index (κ1) is 25.5. The fraction of sp³-hybridized carbons (Fsp3) is 0.611. The van der Waals surface area contributed by atoms with Crippen molar-refractivity contribution in [1.29, 1.82) is 0 Å². The van der Waals surface area contributed by atoms with Crippen LogP contribution in [-0.2, 0) is 44.7 Å². The molecule has 1 aliphatic heterocycles. The zero-order chi connectivity index (χ0) is 23.4. The molecule has 1 heterocycles. The van der Waals surface area contributed by atoms with Crippen molar-refractivity contribution >= 4 is 16.1 Å². The molecule has 0 radical (unpaired) electrons. The summed E-state index contributed by atoms with van der Waals surface area (Å²) >= 11 is 0. The van der Waals surface area contributed by atoms with Gasteiger partial charge in [-0.1, -0.05) is 30.3 Å². The predicted octanol–water partition coefficient (Wildman–Crippen LogP) is 1.49. The van der Waals surface area contributed by atoms with Gasteiger partial charge in [0.05, 0.1) is 20.3 Å². The van der Waals surface area contributed by atoms with E-state index in [1.54, 1.807) is 30.3 Å². The SMILES string of the molecule is COC(=O)[C@@H](OS(=O)(=O)C(F)(F)F)[C@H]1OC(C)(C)O[C@@H]1C(O)COCc1ccccc1. The lowest BCUT2D eigenvalue weighted by molar-refractivity contribution is -0.170. The highest BCUT2D eigenvalue weighted by molar-refractivity contribution is 7.87. The molecule has 0 bridgehead atoms. The van der Waals surface area contributed by atoms with Crippen LogP contribution in [0.1, 0.15) is 19.4 Å². The van der Waals surface area contributed by atoms with E-state index in [0.29, 0.717) is 0 Å². The molecule has 0 aliphatic carbocycles. The van der Waals surface area contributed by atoms with Gasteiger partial charge in [0, 0.05) is 0 Å². The Balaban J connectivity index is 2.19. The number of halogens is 3. The van der Waals surface area contributed by atoms with Crippen molar-refractivity contribution in [2.24, 2.45) is 0 Å². The predicted molar refractivity (Wildman–Crippen MR) is 97.8 cm³/mol. The largest absolute Gasteiger partial charge is 0.523 e. The van der Waals surface area contributed by atoms with E-state index < -0.39 is 51.8 Å². The van der Waals surface area contributed by atoms with Gasteiger partial charge in [-0.25, -0.2) is 8.98 Å². The molecule has 1 aliphatic rings. The molecule has 1 saturated heterocycles. The molecular weight excluding hydrogens is 449 g/mol. The van der Waals surface area contributed by atoms with Gasteiger partial charge in [-0.05, 0) is 19.4 Å². The van der Waals surface area contributed by atoms with Crippen LogP contribution in [0.25, 0.3) is 0 Å². The monoisotopic (exact) mass is 472 g/mol. The summed E-state index contributed by atoms with van der Waals surface area (Å²) in [7, 11) is -5.35. The molecule has 1 unspecified atom stereocenters. The van der Waals surface area contributed by atoms with Crippen LogP contribution in [0.15, 0.2) is 30.3 Å². The first-order chi connectivity index (χ1) is 14.3. The maximum absolute atomic E-state index is 12.8. The van der Waals surface area contributed by atoms with Crippen molar-refractivity contribution < 1.29 is 54.6 Å². The van der Waals surface area contributed by atoms with Gasteiger partial charge in [-0.3, -0.25) is 0 Å². The van der Waals surface area contributed by atoms with Crippen LogP contribution >= 0.6 is 0 Å². The number of alkyl halides is 3. The molecule has 9 nitrogen and oxygen atoms in total. The second-order valence-corrected chi connectivity index (χ2v) is 8.64. The summed E-state index contributed by atoms with van der Waals surface area (Å²) in [4.78, 5) is 12.1. The van der Waals surface area contributed by atoms with Gasteiger partial charge in [0.1, 0.15) is 18.3 Å². The number of benzene rings is 1. The minimum absolute atomic E-state index is 0.110. The molecule has 31 heavy (non-hydrogen) atoms. The fourth-order valence-electron chi connectivity index (χ4n) is 2.85. The van der Waals surface area contributed by atoms with Gasteiger partial charge in [-0.15, -0.1) is 0 Å². The molecule has 4 atom stereocenters. The Kier molecular flexibility index (Phi) is 8.05. The van der Waals surface area contributed by atoms with E-state index in [1.807, 2.05) is 0 Å². The van der Waals surface area contributed by atoms with Crippen LogP contribution in [0.3, 0.4) is 0 Å². The Morgan fingerprint density at radius 1 is 1.19 bits per heavy atom. The number of aliphatic hydroxyl groups is 1. The number of hydrogen-bond acceptors (Lipinski definition) is 9. The Morgan fingerprint density at radius 3 is 2.32 bits per heavy atom. The van der Waals surface area contributed by atoms with Crippen molar-refractivity contribution in [3.8, 4) is 0 Å². The molecular formula is C18H23F3O9S. The van der Waals surface area contributed by atoms with Crippen LogP contribution in [0.4, 0.5) is 13.2 Å². The Labute approximate surface area is 177 Å². The van der Waals surface area contributed by atoms with Gasteiger partial charge in [-0.2, -0.15) is 21.6 Å². The minimum atomic E-state index is -6.18. The van der Waals surface area contributed by atoms with Gasteiger partial charge < -0.3 is 24.1 Å². The Morgan fingerprint density at radius 2 is 1.77 bits per heavy atom. The molecule has 1 aromatic carbocycles. The quantitative estimate of drug-likeness (QED) is 0.324. The molecule has 1 fully saturated rings. The zero-order valence-corrected chi connectivity index (χ0v) is 17.7. The van der Waals surface area contributed by atoms with E-state index in [1.165, 1.54) is 13.8 Å². The van der Waals surface area contributed by atoms with Gasteiger partial charge in [0.15, 0.2) is 5.79 Å². The molecule has 1 N–H and O–H groups in total. The van der Waals surface area contributed by atoms with Crippen LogP contribution in [-0.4, -0.2) is 68.9 Å². The lowest BCUT2D eigenvalue weighted by Crippen LogP contribution is -2.50. The topological polar surface area (TPSA) is 118 Å². The number of carbonyl (C=O) groups excluding carboxylic acids is 1. The summed E-state index contributed by atoms with van der Waals surface area (Å²) in [6.45, 7) is 2.49. The van der Waals surface area contributed by atoms with Gasteiger partial charge >= 0.3 is 21.6 Å². The summed E-state index contributed by atoms with van der Waals surface area (Å²) < 4.78 is 86.0. The lowest BCUT2D eigenvalue weighted by Gasteiger charge is -2.27. The third kappa shape index (κ3) is 6.60. The van der Waals surface area contributed by atoms with E-state index in [-0.39, 0.29) is 13.2 Å². The van der Waals surface area contributed by atoms with Gasteiger partial charge in [0.25, 0.3) is 0 Å². The number of ether oxygens (including phenoxy) is 4. The molecule has 0 spiro atoms. The highest BCUT2D eigenvalue weighted by Gasteiger charge is 2.56. The summed E-state index contributed by atoms with van der Waals surface area (Å²) in [5.41, 5.74) is -5.00. The average Bonchev–Trinajstić information content (AvgIpc) is 3.00. The molecule has 0 saturated carbocycles. The third-order valence-electron chi connectivity index (χ3n) is 4.19. The average molecular weight is 472 g/mol. The standard InChI is InChI=1S/C18H23F3O9S/c1-17(2)28-13(12(22)10-27-9-11-7-5-4-6-8-11)14(29-17)15(16(23)26-3)30-31(24,25)18(19,20)21/h4-8,12-15,22H,9-10H2,1-3H3/t12?,13-,14+,15+/m1/s1. The Bertz CT molecular complexity index is 843. The van der Waals surface area contributed by atoms with E-state index >= 15 is 0 Å². The number of esters is 1. The van der Waals surface area contributed by atoms with Crippen LogP contribution in [0.5, 0.6) is 0 Å². The highest BCUT2D eigenvalue weighted by Crippen LogP contribution is 2.35. The van der Waals surface area contributed by atoms with Crippen molar-refractivity contribution in [2.45, 2.75) is 56.2 Å². The van der Waals surface area contributed by atoms with Crippen molar-refractivity contribution in [2.75, 3.05) is 13.7 Å². The summed E-state index contributed by atoms with van der Waals surface area (Å²) in [6.07, 6.45) is -7.08. The van der Waals surface area contributed by atoms with Crippen molar-refractivity contribution in [1.82, 2.24) is 0 Å². The molecule has 13 heteroatoms. The molecule has 0 amide bonds. The van der Waals surface area contributed by atoms with E-state index in [9.17, 15) is 31.5 Å². The van der Waals surface area contributed by atoms with E-state index in [2.05, 4.69) is 8.92 Å². The molecule has 0 aromatic heterocycles. The van der Waals surface area contributed by atoms with E-state index in [0.717, 1.165) is 12.7 Å². The van der Waals surface area contributed by atoms with Crippen LogP contribution < -0.4 is 0 Å². The van der Waals surface area contributed by atoms with E-state index in [4.69, 9.17) is 14.2 Å². The zero-order valence-electron chi connectivity index (χ0n) is 16.9. The maximum Gasteiger partial charge on any atom is 0.523 e. The Hall–Kier alpha value is -1.77. The summed E-state index contributed by atoms with van der Waals surface area (Å²) in [5, 5.41) is 10.5. The smallest absolute Gasteiger partial charge is 0.467 e. The van der Waals surface area contributed by atoms with Crippen molar-refractivity contribution in [3.05, 3.63) is 35.9 Å². The third-order valence-corrected chi connectivity index (χ3v) is 5.22. The number of rotatable bonds is 9. The first-order valence-corrected chi connectivity index (χ1v) is 10.4. The highest BCUT2D eigenvalue weighted by atomic mass is 32.2. The summed E-state index contributed by atoms with van der Waals surface area (Å²) in [6, 6.07) is 8.91. The first-order valence-electron chi connectivity index (χ1n) is 9.00. The number of hydrogen-bond donors (Lipinski definition) is 1. The van der Waals surface area contributed by atoms with Gasteiger partial charge in [0.2, 0.25) is 6.10 Å². The maximum atomic E-state index is 12.8.